The number of aromatic nitrogens is 1. The number of fused-ring (bicyclic) bond motifs is 1. The molecule has 0 saturated carbocycles. The molecule has 1 aromatic carbocycles. The monoisotopic (exact) mass is 242 g/mol. The Bertz CT molecular complexity index is 568. The number of anilines is 2. The van der Waals surface area contributed by atoms with Crippen LogP contribution in [0.15, 0.2) is 42.5 Å². The smallest absolute Gasteiger partial charge is 0.214 e. The highest BCUT2D eigenvalue weighted by Gasteiger charge is 2.24. The van der Waals surface area contributed by atoms with Crippen molar-refractivity contribution in [2.24, 2.45) is 0 Å². The molecule has 0 bridgehead atoms. The summed E-state index contributed by atoms with van der Waals surface area (Å²) in [4.78, 5) is 6.13. The zero-order chi connectivity index (χ0) is 12.5. The molecule has 1 aromatic heterocycles. The maximum atomic E-state index is 13.3. The minimum absolute atomic E-state index is 0.342. The van der Waals surface area contributed by atoms with Crippen LogP contribution < -0.4 is 4.90 Å². The zero-order valence-electron chi connectivity index (χ0n) is 10.3. The topological polar surface area (TPSA) is 16.1 Å². The zero-order valence-corrected chi connectivity index (χ0v) is 10.3. The van der Waals surface area contributed by atoms with Crippen molar-refractivity contribution >= 4 is 11.5 Å². The van der Waals surface area contributed by atoms with E-state index in [2.05, 4.69) is 28.9 Å². The van der Waals surface area contributed by atoms with Crippen LogP contribution in [0.1, 0.15) is 18.9 Å². The lowest BCUT2D eigenvalue weighted by atomic mass is 9.96. The van der Waals surface area contributed by atoms with Gasteiger partial charge in [0.15, 0.2) is 0 Å². The summed E-state index contributed by atoms with van der Waals surface area (Å²) in [5, 5.41) is 0. The van der Waals surface area contributed by atoms with E-state index in [-0.39, 0.29) is 0 Å². The Balaban J connectivity index is 2.10. The number of rotatable bonds is 1. The highest BCUT2D eigenvalue weighted by molar-refractivity contribution is 5.66. The van der Waals surface area contributed by atoms with Crippen molar-refractivity contribution in [3.8, 4) is 0 Å². The Hall–Kier alpha value is -1.90. The summed E-state index contributed by atoms with van der Waals surface area (Å²) in [7, 11) is 0. The third-order valence-corrected chi connectivity index (χ3v) is 3.47. The Labute approximate surface area is 106 Å². The van der Waals surface area contributed by atoms with E-state index in [1.165, 1.54) is 11.6 Å². The molecule has 1 atom stereocenters. The standard InChI is InChI=1S/C15H15FN2/c1-11-9-10-12-5-2-3-6-13(12)18(11)15-8-4-7-14(16)17-15/h2-8,11H,9-10H2,1H3. The molecule has 0 fully saturated rings. The molecule has 1 unspecified atom stereocenters. The first-order chi connectivity index (χ1) is 8.75. The SMILES string of the molecule is CC1CCc2ccccc2N1c1cccc(F)n1. The average molecular weight is 242 g/mol. The Morgan fingerprint density at radius 3 is 2.83 bits per heavy atom. The lowest BCUT2D eigenvalue weighted by molar-refractivity contribution is 0.570. The van der Waals surface area contributed by atoms with Crippen LogP contribution in [0.2, 0.25) is 0 Å². The van der Waals surface area contributed by atoms with Gasteiger partial charge in [0.25, 0.3) is 0 Å². The molecule has 0 aliphatic carbocycles. The summed E-state index contributed by atoms with van der Waals surface area (Å²) in [6, 6.07) is 13.6. The fourth-order valence-corrected chi connectivity index (χ4v) is 2.57. The summed E-state index contributed by atoms with van der Waals surface area (Å²) in [5.41, 5.74) is 2.45. The normalized spacial score (nSPS) is 18.6. The summed E-state index contributed by atoms with van der Waals surface area (Å²) in [5.74, 6) is 0.261. The number of halogens is 1. The number of para-hydroxylation sites is 1. The minimum Gasteiger partial charge on any atom is -0.323 e. The molecule has 18 heavy (non-hydrogen) atoms. The first-order valence-corrected chi connectivity index (χ1v) is 6.25. The van der Waals surface area contributed by atoms with E-state index in [9.17, 15) is 4.39 Å². The van der Waals surface area contributed by atoms with Crippen molar-refractivity contribution in [1.29, 1.82) is 0 Å². The summed E-state index contributed by atoms with van der Waals surface area (Å²) in [6.45, 7) is 2.16. The second-order valence-electron chi connectivity index (χ2n) is 4.70. The lowest BCUT2D eigenvalue weighted by Crippen LogP contribution is -2.33. The Morgan fingerprint density at radius 1 is 1.17 bits per heavy atom. The van der Waals surface area contributed by atoms with E-state index < -0.39 is 5.95 Å². The number of hydrogen-bond donors (Lipinski definition) is 0. The van der Waals surface area contributed by atoms with E-state index in [0.29, 0.717) is 11.9 Å². The highest BCUT2D eigenvalue weighted by Crippen LogP contribution is 2.35. The molecule has 1 aliphatic heterocycles. The van der Waals surface area contributed by atoms with Gasteiger partial charge in [0.1, 0.15) is 5.82 Å². The van der Waals surface area contributed by atoms with Crippen molar-refractivity contribution in [3.63, 3.8) is 0 Å². The van der Waals surface area contributed by atoms with Gasteiger partial charge in [0, 0.05) is 11.7 Å². The van der Waals surface area contributed by atoms with Gasteiger partial charge in [-0.1, -0.05) is 24.3 Å². The van der Waals surface area contributed by atoms with Gasteiger partial charge in [0.2, 0.25) is 5.95 Å². The average Bonchev–Trinajstić information content (AvgIpc) is 2.38. The lowest BCUT2D eigenvalue weighted by Gasteiger charge is -2.36. The first kappa shape index (κ1) is 11.2. The third-order valence-electron chi connectivity index (χ3n) is 3.47. The quantitative estimate of drug-likeness (QED) is 0.709. The van der Waals surface area contributed by atoms with E-state index in [1.807, 2.05) is 18.2 Å². The van der Waals surface area contributed by atoms with Gasteiger partial charge in [-0.25, -0.2) is 4.98 Å². The number of hydrogen-bond acceptors (Lipinski definition) is 2. The first-order valence-electron chi connectivity index (χ1n) is 6.25. The maximum Gasteiger partial charge on any atom is 0.214 e. The van der Waals surface area contributed by atoms with Crippen molar-refractivity contribution < 1.29 is 4.39 Å². The van der Waals surface area contributed by atoms with Crippen molar-refractivity contribution in [1.82, 2.24) is 4.98 Å². The van der Waals surface area contributed by atoms with Crippen LogP contribution in [-0.4, -0.2) is 11.0 Å². The Kier molecular flexibility index (Phi) is 2.74. The summed E-state index contributed by atoms with van der Waals surface area (Å²) >= 11 is 0. The summed E-state index contributed by atoms with van der Waals surface area (Å²) in [6.07, 6.45) is 2.14. The molecule has 3 heteroatoms. The van der Waals surface area contributed by atoms with Crippen LogP contribution in [0.25, 0.3) is 0 Å². The fraction of sp³-hybridized carbons (Fsp3) is 0.267. The molecule has 0 saturated heterocycles. The molecular formula is C15H15FN2. The molecule has 2 heterocycles. The maximum absolute atomic E-state index is 13.3. The molecular weight excluding hydrogens is 227 g/mol. The van der Waals surface area contributed by atoms with Crippen LogP contribution >= 0.6 is 0 Å². The Morgan fingerprint density at radius 2 is 2.00 bits per heavy atom. The van der Waals surface area contributed by atoms with Gasteiger partial charge in [0.05, 0.1) is 0 Å². The molecule has 0 amide bonds. The van der Waals surface area contributed by atoms with Gasteiger partial charge >= 0.3 is 0 Å². The van der Waals surface area contributed by atoms with Crippen LogP contribution in [-0.2, 0) is 6.42 Å². The van der Waals surface area contributed by atoms with Crippen LogP contribution in [0.5, 0.6) is 0 Å². The third kappa shape index (κ3) is 1.86. The highest BCUT2D eigenvalue weighted by atomic mass is 19.1. The van der Waals surface area contributed by atoms with Gasteiger partial charge in [-0.15, -0.1) is 0 Å². The van der Waals surface area contributed by atoms with E-state index in [0.717, 1.165) is 18.5 Å². The van der Waals surface area contributed by atoms with Crippen molar-refractivity contribution in [3.05, 3.63) is 54.0 Å². The number of nitrogens with zero attached hydrogens (tertiary/aromatic N) is 2. The largest absolute Gasteiger partial charge is 0.323 e. The van der Waals surface area contributed by atoms with Crippen LogP contribution in [0.4, 0.5) is 15.9 Å². The van der Waals surface area contributed by atoms with E-state index >= 15 is 0 Å². The van der Waals surface area contributed by atoms with E-state index in [1.54, 1.807) is 6.07 Å². The molecule has 2 aromatic rings. The number of aryl methyl sites for hydroxylation is 1. The minimum atomic E-state index is -0.428. The predicted molar refractivity (Wildman–Crippen MR) is 70.6 cm³/mol. The van der Waals surface area contributed by atoms with E-state index in [4.69, 9.17) is 0 Å². The van der Waals surface area contributed by atoms with Crippen molar-refractivity contribution in [2.45, 2.75) is 25.8 Å². The van der Waals surface area contributed by atoms with Gasteiger partial charge in [-0.2, -0.15) is 4.39 Å². The second-order valence-corrected chi connectivity index (χ2v) is 4.70. The van der Waals surface area contributed by atoms with Crippen molar-refractivity contribution in [2.75, 3.05) is 4.90 Å². The number of benzene rings is 1. The summed E-state index contributed by atoms with van der Waals surface area (Å²) < 4.78 is 13.3. The van der Waals surface area contributed by atoms with Crippen LogP contribution in [0.3, 0.4) is 0 Å². The molecule has 0 N–H and O–H groups in total. The second kappa shape index (κ2) is 4.41. The predicted octanol–water partition coefficient (Wildman–Crippen LogP) is 3.69. The fourth-order valence-electron chi connectivity index (χ4n) is 2.57. The van der Waals surface area contributed by atoms with Crippen LogP contribution in [0, 0.1) is 5.95 Å². The van der Waals surface area contributed by atoms with Gasteiger partial charge < -0.3 is 4.90 Å². The molecule has 2 nitrogen and oxygen atoms in total. The molecule has 3 rings (SSSR count). The molecule has 92 valence electrons. The van der Waals surface area contributed by atoms with Gasteiger partial charge in [-0.05, 0) is 43.5 Å². The molecule has 0 radical (unpaired) electrons. The molecule has 1 aliphatic rings. The molecule has 0 spiro atoms. The van der Waals surface area contributed by atoms with Gasteiger partial charge in [-0.3, -0.25) is 0 Å². The number of pyridine rings is 1.